The van der Waals surface area contributed by atoms with E-state index in [-0.39, 0.29) is 24.5 Å². The van der Waals surface area contributed by atoms with Gasteiger partial charge in [0, 0.05) is 25.0 Å². The van der Waals surface area contributed by atoms with Crippen LogP contribution in [0.4, 0.5) is 0 Å². The Kier molecular flexibility index (Phi) is 8.66. The molecule has 0 aliphatic carbocycles. The van der Waals surface area contributed by atoms with E-state index in [2.05, 4.69) is 11.4 Å². The van der Waals surface area contributed by atoms with Crippen molar-refractivity contribution in [1.82, 2.24) is 10.4 Å². The van der Waals surface area contributed by atoms with E-state index in [1.165, 1.54) is 12.2 Å². The maximum atomic E-state index is 12.0. The molecule has 2 rings (SSSR count). The number of allylic oxidation sites excluding steroid dienone is 3. The summed E-state index contributed by atoms with van der Waals surface area (Å²) in [6, 6.07) is 0. The van der Waals surface area contributed by atoms with Gasteiger partial charge in [-0.15, -0.1) is 0 Å². The molecule has 2 bridgehead atoms. The zero-order chi connectivity index (χ0) is 20.5. The summed E-state index contributed by atoms with van der Waals surface area (Å²) < 4.78 is 6.00. The fourth-order valence-electron chi connectivity index (χ4n) is 3.95. The molecule has 3 N–H and O–H groups in total. The van der Waals surface area contributed by atoms with Gasteiger partial charge >= 0.3 is 5.97 Å². The Morgan fingerprint density at radius 1 is 1.18 bits per heavy atom. The Morgan fingerprint density at radius 2 is 1.89 bits per heavy atom. The summed E-state index contributed by atoms with van der Waals surface area (Å²) in [5, 5.41) is 21.4. The van der Waals surface area contributed by atoms with E-state index in [4.69, 9.17) is 9.84 Å². The summed E-state index contributed by atoms with van der Waals surface area (Å²) in [4.78, 5) is 34.0. The molecule has 2 aliphatic rings. The third kappa shape index (κ3) is 6.45. The lowest BCUT2D eigenvalue weighted by Gasteiger charge is -2.27. The van der Waals surface area contributed by atoms with Crippen molar-refractivity contribution in [3.63, 3.8) is 0 Å². The molecule has 2 fully saturated rings. The number of carbonyl (C=O) groups excluding carboxylic acids is 2. The Bertz CT molecular complexity index is 618. The number of nitrogens with one attached hydrogen (secondary N) is 1. The zero-order valence-electron chi connectivity index (χ0n) is 16.3. The average Bonchev–Trinajstić information content (AvgIpc) is 3.24. The Labute approximate surface area is 165 Å². The fraction of sp³-hybridized carbons (Fsp3) is 0.650. The largest absolute Gasteiger partial charge is 0.481 e. The number of unbranched alkanes of at least 4 members (excludes halogenated alkanes) is 1. The van der Waals surface area contributed by atoms with Crippen LogP contribution in [0.15, 0.2) is 24.3 Å². The molecule has 0 aromatic carbocycles. The van der Waals surface area contributed by atoms with Gasteiger partial charge in [-0.05, 0) is 44.9 Å². The minimum atomic E-state index is -0.778. The van der Waals surface area contributed by atoms with Crippen molar-refractivity contribution in [1.29, 1.82) is 0 Å². The van der Waals surface area contributed by atoms with Crippen LogP contribution in [0, 0.1) is 11.8 Å². The monoisotopic (exact) mass is 394 g/mol. The minimum Gasteiger partial charge on any atom is -0.481 e. The van der Waals surface area contributed by atoms with Gasteiger partial charge in [0.1, 0.15) is 6.54 Å². The Hall–Kier alpha value is -2.19. The van der Waals surface area contributed by atoms with Crippen molar-refractivity contribution in [2.45, 2.75) is 57.7 Å². The van der Waals surface area contributed by atoms with E-state index in [1.54, 1.807) is 6.92 Å². The number of ether oxygens (including phenoxy) is 1. The number of amides is 2. The second-order valence-corrected chi connectivity index (χ2v) is 7.31. The number of hydrogen-bond acceptors (Lipinski definition) is 5. The predicted octanol–water partition coefficient (Wildman–Crippen LogP) is 1.89. The smallest absolute Gasteiger partial charge is 0.303 e. The van der Waals surface area contributed by atoms with Crippen molar-refractivity contribution in [2.24, 2.45) is 11.8 Å². The molecule has 0 radical (unpaired) electrons. The first kappa shape index (κ1) is 22.1. The van der Waals surface area contributed by atoms with Crippen molar-refractivity contribution in [3.8, 4) is 0 Å². The highest BCUT2D eigenvalue weighted by molar-refractivity contribution is 5.90. The van der Waals surface area contributed by atoms with Crippen LogP contribution in [0.5, 0.6) is 0 Å². The molecule has 0 aromatic heterocycles. The van der Waals surface area contributed by atoms with Crippen LogP contribution in [-0.2, 0) is 19.1 Å². The second-order valence-electron chi connectivity index (χ2n) is 7.31. The number of nitrogens with zero attached hydrogens (tertiary/aromatic N) is 1. The fourth-order valence-corrected chi connectivity index (χ4v) is 3.95. The molecule has 8 nitrogen and oxygen atoms in total. The molecule has 2 heterocycles. The van der Waals surface area contributed by atoms with Gasteiger partial charge in [0.2, 0.25) is 5.91 Å². The standard InChI is InChI=1S/C20H30N2O6/c1-2-7-19(24)22(27)13-18(23)21-12-15-14(16-10-11-17(15)28-16)8-5-3-4-6-9-20(25)26/h2-3,5,7,14-17,27H,4,6,8-13H2,1H3,(H,21,23)(H,25,26)/t14-,15+,16-,17+/m1/s1. The highest BCUT2D eigenvalue weighted by Crippen LogP contribution is 2.44. The quantitative estimate of drug-likeness (QED) is 0.162. The molecule has 4 atom stereocenters. The van der Waals surface area contributed by atoms with E-state index in [0.29, 0.717) is 23.9 Å². The number of carbonyl (C=O) groups is 3. The van der Waals surface area contributed by atoms with Gasteiger partial charge in [0.25, 0.3) is 5.91 Å². The van der Waals surface area contributed by atoms with Gasteiger partial charge in [0.05, 0.1) is 12.2 Å². The van der Waals surface area contributed by atoms with E-state index >= 15 is 0 Å². The van der Waals surface area contributed by atoms with Crippen LogP contribution >= 0.6 is 0 Å². The summed E-state index contributed by atoms with van der Waals surface area (Å²) in [5.41, 5.74) is 0. The van der Waals surface area contributed by atoms with Gasteiger partial charge in [-0.25, -0.2) is 5.06 Å². The molecular weight excluding hydrogens is 364 g/mol. The second kappa shape index (κ2) is 11.0. The van der Waals surface area contributed by atoms with Crippen molar-refractivity contribution in [2.75, 3.05) is 13.1 Å². The first-order valence-electron chi connectivity index (χ1n) is 9.84. The molecule has 8 heteroatoms. The van der Waals surface area contributed by atoms with E-state index in [9.17, 15) is 19.6 Å². The molecule has 2 aliphatic heterocycles. The van der Waals surface area contributed by atoms with Crippen LogP contribution in [0.3, 0.4) is 0 Å². The molecule has 28 heavy (non-hydrogen) atoms. The molecule has 2 amide bonds. The molecule has 0 unspecified atom stereocenters. The molecule has 0 spiro atoms. The van der Waals surface area contributed by atoms with Gasteiger partial charge in [-0.1, -0.05) is 18.2 Å². The normalized spacial score (nSPS) is 26.2. The summed E-state index contributed by atoms with van der Waals surface area (Å²) in [7, 11) is 0. The lowest BCUT2D eigenvalue weighted by molar-refractivity contribution is -0.163. The molecular formula is C20H30N2O6. The summed E-state index contributed by atoms with van der Waals surface area (Å²) >= 11 is 0. The van der Waals surface area contributed by atoms with E-state index in [1.807, 2.05) is 6.08 Å². The van der Waals surface area contributed by atoms with Gasteiger partial charge in [-0.3, -0.25) is 19.6 Å². The van der Waals surface area contributed by atoms with E-state index in [0.717, 1.165) is 25.7 Å². The van der Waals surface area contributed by atoms with Crippen molar-refractivity contribution < 1.29 is 29.4 Å². The highest BCUT2D eigenvalue weighted by atomic mass is 16.5. The van der Waals surface area contributed by atoms with Crippen LogP contribution < -0.4 is 5.32 Å². The van der Waals surface area contributed by atoms with Gasteiger partial charge < -0.3 is 15.2 Å². The van der Waals surface area contributed by atoms with Crippen LogP contribution in [0.2, 0.25) is 0 Å². The molecule has 156 valence electrons. The van der Waals surface area contributed by atoms with Gasteiger partial charge in [-0.2, -0.15) is 0 Å². The first-order valence-corrected chi connectivity index (χ1v) is 9.84. The third-order valence-corrected chi connectivity index (χ3v) is 5.32. The minimum absolute atomic E-state index is 0.130. The van der Waals surface area contributed by atoms with Crippen molar-refractivity contribution in [3.05, 3.63) is 24.3 Å². The van der Waals surface area contributed by atoms with Crippen molar-refractivity contribution >= 4 is 17.8 Å². The number of hydrogen-bond donors (Lipinski definition) is 3. The number of rotatable bonds is 11. The predicted molar refractivity (Wildman–Crippen MR) is 101 cm³/mol. The highest BCUT2D eigenvalue weighted by Gasteiger charge is 2.47. The number of carboxylic acid groups (broad SMARTS) is 1. The molecule has 0 aromatic rings. The first-order chi connectivity index (χ1) is 13.4. The topological polar surface area (TPSA) is 116 Å². The lowest BCUT2D eigenvalue weighted by atomic mass is 9.77. The Morgan fingerprint density at radius 3 is 2.57 bits per heavy atom. The van der Waals surface area contributed by atoms with Crippen LogP contribution in [-0.4, -0.2) is 58.5 Å². The number of fused-ring (bicyclic) bond motifs is 2. The average molecular weight is 394 g/mol. The SMILES string of the molecule is CC=CC(=O)N(O)CC(=O)NC[C@H]1[C@@H](CC=CCCCC(=O)O)[C@H]2CC[C@@H]1O2. The number of aliphatic carboxylic acids is 1. The third-order valence-electron chi connectivity index (χ3n) is 5.32. The number of carboxylic acids is 1. The lowest BCUT2D eigenvalue weighted by Crippen LogP contribution is -2.42. The molecule has 0 saturated carbocycles. The van der Waals surface area contributed by atoms with Crippen LogP contribution in [0.1, 0.15) is 45.4 Å². The maximum absolute atomic E-state index is 12.0. The summed E-state index contributed by atoms with van der Waals surface area (Å²) in [6.45, 7) is 1.70. The summed E-state index contributed by atoms with van der Waals surface area (Å²) in [5.74, 6) is -1.31. The van der Waals surface area contributed by atoms with Crippen LogP contribution in [0.25, 0.3) is 0 Å². The number of hydroxylamine groups is 2. The van der Waals surface area contributed by atoms with Gasteiger partial charge in [0.15, 0.2) is 0 Å². The maximum Gasteiger partial charge on any atom is 0.303 e. The summed E-state index contributed by atoms with van der Waals surface area (Å²) in [6.07, 6.45) is 11.5. The zero-order valence-corrected chi connectivity index (χ0v) is 16.3. The Balaban J connectivity index is 1.77. The molecule has 2 saturated heterocycles. The van der Waals surface area contributed by atoms with E-state index < -0.39 is 24.3 Å².